The number of unbranched alkanes of at least 4 members (excludes halogenated alkanes) is 1. The van der Waals surface area contributed by atoms with Crippen molar-refractivity contribution in [3.8, 4) is 11.8 Å². The van der Waals surface area contributed by atoms with E-state index in [1.807, 2.05) is 17.9 Å². The van der Waals surface area contributed by atoms with E-state index in [2.05, 4.69) is 18.8 Å². The summed E-state index contributed by atoms with van der Waals surface area (Å²) in [4.78, 5) is 25.1. The van der Waals surface area contributed by atoms with Crippen LogP contribution in [-0.4, -0.2) is 45.7 Å². The zero-order valence-corrected chi connectivity index (χ0v) is 17.3. The lowest BCUT2D eigenvalue weighted by atomic mass is 9.99. The van der Waals surface area contributed by atoms with Gasteiger partial charge in [0.05, 0.1) is 17.7 Å². The highest BCUT2D eigenvalue weighted by Gasteiger charge is 2.28. The Morgan fingerprint density at radius 3 is 2.69 bits per heavy atom. The van der Waals surface area contributed by atoms with Crippen molar-refractivity contribution in [3.05, 3.63) is 47.5 Å². The summed E-state index contributed by atoms with van der Waals surface area (Å²) in [7, 11) is 0. The van der Waals surface area contributed by atoms with Crippen molar-refractivity contribution in [2.75, 3.05) is 6.54 Å². The number of carbonyl (C=O) groups is 2. The number of carboxylic acid groups (broad SMARTS) is 1. The minimum absolute atomic E-state index is 0.00572. The van der Waals surface area contributed by atoms with Gasteiger partial charge in [-0.1, -0.05) is 38.1 Å². The van der Waals surface area contributed by atoms with Gasteiger partial charge in [-0.3, -0.25) is 4.79 Å². The van der Waals surface area contributed by atoms with Crippen LogP contribution in [0.4, 0.5) is 0 Å². The number of carbonyl (C=O) groups excluding carboxylic acids is 1. The second-order valence-electron chi connectivity index (χ2n) is 7.61. The van der Waals surface area contributed by atoms with E-state index in [4.69, 9.17) is 5.11 Å². The molecule has 2 rings (SSSR count). The highest BCUT2D eigenvalue weighted by atomic mass is 16.4. The van der Waals surface area contributed by atoms with Gasteiger partial charge in [-0.25, -0.2) is 4.79 Å². The number of carboxylic acids is 1. The second kappa shape index (κ2) is 11.4. The van der Waals surface area contributed by atoms with Crippen LogP contribution in [0.5, 0.6) is 0 Å². The number of likely N-dealkylation sites (tertiary alicyclic amines) is 1. The lowest BCUT2D eigenvalue weighted by molar-refractivity contribution is -0.128. The lowest BCUT2D eigenvalue weighted by Crippen LogP contribution is -2.34. The van der Waals surface area contributed by atoms with Crippen LogP contribution < -0.4 is 0 Å². The van der Waals surface area contributed by atoms with E-state index >= 15 is 0 Å². The average Bonchev–Trinajstić information content (AvgIpc) is 3.07. The number of nitrogens with zero attached hydrogens (tertiary/aromatic N) is 1. The van der Waals surface area contributed by atoms with E-state index in [9.17, 15) is 14.7 Å². The number of aromatic carboxylic acids is 1. The van der Waals surface area contributed by atoms with Gasteiger partial charge in [0.15, 0.2) is 0 Å². The first-order valence-electron chi connectivity index (χ1n) is 10.4. The molecule has 156 valence electrons. The van der Waals surface area contributed by atoms with E-state index in [-0.39, 0.29) is 23.4 Å². The van der Waals surface area contributed by atoms with Crippen molar-refractivity contribution in [2.24, 2.45) is 5.92 Å². The van der Waals surface area contributed by atoms with E-state index in [1.54, 1.807) is 30.3 Å². The monoisotopic (exact) mass is 397 g/mol. The van der Waals surface area contributed by atoms with E-state index in [0.29, 0.717) is 25.8 Å². The third-order valence-corrected chi connectivity index (χ3v) is 5.25. The van der Waals surface area contributed by atoms with Gasteiger partial charge in [-0.15, -0.1) is 11.8 Å². The summed E-state index contributed by atoms with van der Waals surface area (Å²) in [6, 6.07) is 6.75. The minimum Gasteiger partial charge on any atom is -0.478 e. The normalized spacial score (nSPS) is 18.5. The molecule has 29 heavy (non-hydrogen) atoms. The van der Waals surface area contributed by atoms with Crippen LogP contribution in [-0.2, 0) is 11.2 Å². The molecule has 0 aromatic heterocycles. The molecule has 1 amide bonds. The fourth-order valence-electron chi connectivity index (χ4n) is 3.31. The summed E-state index contributed by atoms with van der Waals surface area (Å²) in [6.07, 6.45) is 7.69. The molecule has 1 aliphatic heterocycles. The molecule has 5 nitrogen and oxygen atoms in total. The van der Waals surface area contributed by atoms with Gasteiger partial charge < -0.3 is 15.1 Å². The van der Waals surface area contributed by atoms with E-state index in [1.165, 1.54) is 0 Å². The van der Waals surface area contributed by atoms with Gasteiger partial charge in [-0.05, 0) is 42.9 Å². The molecule has 1 unspecified atom stereocenters. The summed E-state index contributed by atoms with van der Waals surface area (Å²) in [5, 5.41) is 19.3. The first-order chi connectivity index (χ1) is 13.9. The van der Waals surface area contributed by atoms with Gasteiger partial charge in [0, 0.05) is 25.8 Å². The largest absolute Gasteiger partial charge is 0.478 e. The molecule has 1 aromatic rings. The molecule has 1 fully saturated rings. The van der Waals surface area contributed by atoms with Gasteiger partial charge in [0.1, 0.15) is 0 Å². The van der Waals surface area contributed by atoms with Gasteiger partial charge >= 0.3 is 5.97 Å². The van der Waals surface area contributed by atoms with Crippen LogP contribution in [0, 0.1) is 17.8 Å². The van der Waals surface area contributed by atoms with E-state index < -0.39 is 12.1 Å². The molecule has 0 radical (unpaired) electrons. The molecular formula is C24H31NO4. The first-order valence-corrected chi connectivity index (χ1v) is 10.4. The maximum Gasteiger partial charge on any atom is 0.335 e. The van der Waals surface area contributed by atoms with Gasteiger partial charge in [-0.2, -0.15) is 0 Å². The Morgan fingerprint density at radius 1 is 1.31 bits per heavy atom. The first kappa shape index (κ1) is 22.7. The van der Waals surface area contributed by atoms with Crippen LogP contribution in [0.1, 0.15) is 61.9 Å². The molecule has 1 aromatic carbocycles. The summed E-state index contributed by atoms with van der Waals surface area (Å²) in [5.74, 6) is 5.44. The van der Waals surface area contributed by atoms with Crippen molar-refractivity contribution in [3.63, 3.8) is 0 Å². The zero-order valence-electron chi connectivity index (χ0n) is 17.3. The quantitative estimate of drug-likeness (QED) is 0.492. The van der Waals surface area contributed by atoms with Crippen LogP contribution in [0.2, 0.25) is 0 Å². The van der Waals surface area contributed by atoms with E-state index in [0.717, 1.165) is 24.8 Å². The van der Waals surface area contributed by atoms with Gasteiger partial charge in [0.25, 0.3) is 0 Å². The molecule has 0 saturated carbocycles. The van der Waals surface area contributed by atoms with Crippen LogP contribution in [0.3, 0.4) is 0 Å². The summed E-state index contributed by atoms with van der Waals surface area (Å²) in [6.45, 7) is 4.65. The molecule has 0 bridgehead atoms. The van der Waals surface area contributed by atoms with Crippen molar-refractivity contribution >= 4 is 11.9 Å². The number of aliphatic hydroxyl groups excluding tert-OH is 1. The maximum atomic E-state index is 12.3. The standard InChI is InChI=1S/C24H31NO4/c1-3-4-5-6-7-18(2)22(26)14-12-21-13-15-23(27)25(21)17-16-19-8-10-20(11-9-19)24(28)29/h8-12,14,18,21-22,26H,3-4,7,13,15-17H2,1-2H3,(H,28,29)/t18?,21-,22-/m0/s1. The highest BCUT2D eigenvalue weighted by Crippen LogP contribution is 2.21. The van der Waals surface area contributed by atoms with Crippen LogP contribution in [0.15, 0.2) is 36.4 Å². The molecule has 3 atom stereocenters. The smallest absolute Gasteiger partial charge is 0.335 e. The number of aliphatic hydroxyl groups is 1. The van der Waals surface area contributed by atoms with Gasteiger partial charge in [0.2, 0.25) is 5.91 Å². The second-order valence-corrected chi connectivity index (χ2v) is 7.61. The Kier molecular flexibility index (Phi) is 8.95. The third-order valence-electron chi connectivity index (χ3n) is 5.25. The Morgan fingerprint density at radius 2 is 2.03 bits per heavy atom. The number of hydrogen-bond acceptors (Lipinski definition) is 3. The molecule has 1 heterocycles. The number of benzene rings is 1. The number of rotatable bonds is 9. The van der Waals surface area contributed by atoms with Crippen molar-refractivity contribution in [2.45, 2.75) is 64.5 Å². The Balaban J connectivity index is 1.89. The zero-order chi connectivity index (χ0) is 21.2. The lowest BCUT2D eigenvalue weighted by Gasteiger charge is -2.23. The Labute approximate surface area is 173 Å². The summed E-state index contributed by atoms with van der Waals surface area (Å²) in [5.41, 5.74) is 1.26. The molecule has 0 spiro atoms. The predicted molar refractivity (Wildman–Crippen MR) is 113 cm³/mol. The minimum atomic E-state index is -0.944. The van der Waals surface area contributed by atoms with Crippen LogP contribution in [0.25, 0.3) is 0 Å². The molecule has 1 saturated heterocycles. The fraction of sp³-hybridized carbons (Fsp3) is 0.500. The van der Waals surface area contributed by atoms with Crippen LogP contribution >= 0.6 is 0 Å². The topological polar surface area (TPSA) is 77.8 Å². The maximum absolute atomic E-state index is 12.3. The molecule has 1 aliphatic rings. The number of amides is 1. The predicted octanol–water partition coefficient (Wildman–Crippen LogP) is 3.67. The average molecular weight is 398 g/mol. The summed E-state index contributed by atoms with van der Waals surface area (Å²) >= 11 is 0. The Hall–Kier alpha value is -2.58. The third kappa shape index (κ3) is 7.07. The Bertz CT molecular complexity index is 772. The SMILES string of the molecule is CCCC#CCC(C)[C@@H](O)C=C[C@H]1CCC(=O)N1CCc1ccc(C(=O)O)cc1. The fourth-order valence-corrected chi connectivity index (χ4v) is 3.31. The van der Waals surface area contributed by atoms with Crippen molar-refractivity contribution < 1.29 is 19.8 Å². The van der Waals surface area contributed by atoms with Crippen molar-refractivity contribution in [1.82, 2.24) is 4.90 Å². The highest BCUT2D eigenvalue weighted by molar-refractivity contribution is 5.87. The number of hydrogen-bond donors (Lipinski definition) is 2. The molecule has 5 heteroatoms. The molecule has 2 N–H and O–H groups in total. The molecular weight excluding hydrogens is 366 g/mol. The molecule has 0 aliphatic carbocycles. The van der Waals surface area contributed by atoms with Crippen molar-refractivity contribution in [1.29, 1.82) is 0 Å². The summed E-state index contributed by atoms with van der Waals surface area (Å²) < 4.78 is 0.